The Bertz CT molecular complexity index is 298. The van der Waals surface area contributed by atoms with Gasteiger partial charge in [0, 0.05) is 18.2 Å². The SMILES string of the molecule is Cl.Clc1ncnc2c1CC=N2. The highest BCUT2D eigenvalue weighted by atomic mass is 35.5. The first-order valence-corrected chi connectivity index (χ1v) is 3.27. The standard InChI is InChI=1S/C6H4ClN3.ClH/c7-5-4-1-2-8-6(4)10-3-9-5;/h2-3H,1H2;1H. The lowest BCUT2D eigenvalue weighted by atomic mass is 10.3. The number of hydrogen-bond acceptors (Lipinski definition) is 3. The summed E-state index contributed by atoms with van der Waals surface area (Å²) in [4.78, 5) is 11.8. The number of nitrogens with zero attached hydrogens (tertiary/aromatic N) is 3. The van der Waals surface area contributed by atoms with E-state index in [-0.39, 0.29) is 12.4 Å². The van der Waals surface area contributed by atoms with E-state index >= 15 is 0 Å². The van der Waals surface area contributed by atoms with Crippen molar-refractivity contribution in [3.05, 3.63) is 17.0 Å². The number of rotatable bonds is 0. The van der Waals surface area contributed by atoms with Crippen LogP contribution in [-0.2, 0) is 6.42 Å². The van der Waals surface area contributed by atoms with E-state index in [0.717, 1.165) is 12.0 Å². The first-order chi connectivity index (χ1) is 4.88. The van der Waals surface area contributed by atoms with Crippen molar-refractivity contribution in [3.63, 3.8) is 0 Å². The molecule has 0 radical (unpaired) electrons. The lowest BCUT2D eigenvalue weighted by Gasteiger charge is -1.94. The van der Waals surface area contributed by atoms with Crippen molar-refractivity contribution < 1.29 is 0 Å². The predicted octanol–water partition coefficient (Wildman–Crippen LogP) is 1.81. The van der Waals surface area contributed by atoms with Crippen LogP contribution in [0.15, 0.2) is 11.3 Å². The van der Waals surface area contributed by atoms with Crippen molar-refractivity contribution in [2.24, 2.45) is 4.99 Å². The van der Waals surface area contributed by atoms with Crippen molar-refractivity contribution >= 4 is 36.0 Å². The Morgan fingerprint density at radius 1 is 1.36 bits per heavy atom. The maximum absolute atomic E-state index is 5.74. The van der Waals surface area contributed by atoms with E-state index in [9.17, 15) is 0 Å². The number of hydrogen-bond donors (Lipinski definition) is 0. The van der Waals surface area contributed by atoms with Gasteiger partial charge < -0.3 is 0 Å². The molecule has 1 aromatic heterocycles. The second kappa shape index (κ2) is 3.15. The van der Waals surface area contributed by atoms with Crippen molar-refractivity contribution in [2.45, 2.75) is 6.42 Å². The molecule has 1 aromatic rings. The third kappa shape index (κ3) is 1.34. The van der Waals surface area contributed by atoms with E-state index < -0.39 is 0 Å². The van der Waals surface area contributed by atoms with Gasteiger partial charge in [0.1, 0.15) is 11.5 Å². The molecular formula is C6H5Cl2N3. The summed E-state index contributed by atoms with van der Waals surface area (Å²) in [6.07, 6.45) is 3.96. The molecule has 3 nitrogen and oxygen atoms in total. The molecule has 0 bridgehead atoms. The lowest BCUT2D eigenvalue weighted by molar-refractivity contribution is 1.12. The van der Waals surface area contributed by atoms with Gasteiger partial charge >= 0.3 is 0 Å². The second-order valence-electron chi connectivity index (χ2n) is 1.98. The zero-order valence-electron chi connectivity index (χ0n) is 5.49. The Balaban J connectivity index is 0.000000605. The summed E-state index contributed by atoms with van der Waals surface area (Å²) >= 11 is 5.74. The summed E-state index contributed by atoms with van der Waals surface area (Å²) in [7, 11) is 0. The smallest absolute Gasteiger partial charge is 0.159 e. The number of aromatic nitrogens is 2. The molecule has 11 heavy (non-hydrogen) atoms. The van der Waals surface area contributed by atoms with Crippen molar-refractivity contribution in [1.29, 1.82) is 0 Å². The zero-order valence-corrected chi connectivity index (χ0v) is 7.06. The molecule has 0 N–H and O–H groups in total. The van der Waals surface area contributed by atoms with Gasteiger partial charge in [0.05, 0.1) is 0 Å². The highest BCUT2D eigenvalue weighted by molar-refractivity contribution is 6.30. The van der Waals surface area contributed by atoms with Crippen LogP contribution in [0.4, 0.5) is 5.82 Å². The van der Waals surface area contributed by atoms with E-state index in [1.165, 1.54) is 6.33 Å². The molecule has 2 heterocycles. The molecule has 1 aliphatic rings. The van der Waals surface area contributed by atoms with E-state index in [0.29, 0.717) is 11.0 Å². The third-order valence-corrected chi connectivity index (χ3v) is 1.70. The van der Waals surface area contributed by atoms with E-state index in [1.807, 2.05) is 0 Å². The van der Waals surface area contributed by atoms with Gasteiger partial charge in [0.15, 0.2) is 5.82 Å². The summed E-state index contributed by atoms with van der Waals surface area (Å²) in [6, 6.07) is 0. The molecule has 58 valence electrons. The third-order valence-electron chi connectivity index (χ3n) is 1.38. The molecule has 5 heteroatoms. The summed E-state index contributed by atoms with van der Waals surface area (Å²) in [6.45, 7) is 0. The van der Waals surface area contributed by atoms with Crippen LogP contribution in [0, 0.1) is 0 Å². The molecule has 0 atom stereocenters. The van der Waals surface area contributed by atoms with E-state index in [1.54, 1.807) is 6.21 Å². The van der Waals surface area contributed by atoms with Gasteiger partial charge in [-0.2, -0.15) is 0 Å². The van der Waals surface area contributed by atoms with Crippen LogP contribution in [-0.4, -0.2) is 16.2 Å². The number of aliphatic imine (C=N–C) groups is 1. The Hall–Kier alpha value is -0.670. The van der Waals surface area contributed by atoms with E-state index in [4.69, 9.17) is 11.6 Å². The second-order valence-corrected chi connectivity index (χ2v) is 2.34. The minimum atomic E-state index is 0. The summed E-state index contributed by atoms with van der Waals surface area (Å²) in [5.74, 6) is 0.708. The number of fused-ring (bicyclic) bond motifs is 1. The largest absolute Gasteiger partial charge is 0.241 e. The average molecular weight is 190 g/mol. The van der Waals surface area contributed by atoms with Crippen molar-refractivity contribution in [2.75, 3.05) is 0 Å². The highest BCUT2D eigenvalue weighted by Crippen LogP contribution is 2.25. The molecule has 0 aliphatic carbocycles. The monoisotopic (exact) mass is 189 g/mol. The van der Waals surface area contributed by atoms with Crippen LogP contribution >= 0.6 is 24.0 Å². The maximum Gasteiger partial charge on any atom is 0.159 e. The molecule has 2 rings (SSSR count). The Morgan fingerprint density at radius 3 is 2.91 bits per heavy atom. The highest BCUT2D eigenvalue weighted by Gasteiger charge is 2.11. The normalized spacial score (nSPS) is 12.5. The van der Waals surface area contributed by atoms with Gasteiger partial charge in [0.2, 0.25) is 0 Å². The van der Waals surface area contributed by atoms with Crippen LogP contribution in [0.25, 0.3) is 0 Å². The minimum absolute atomic E-state index is 0. The van der Waals surface area contributed by atoms with Crippen LogP contribution in [0.1, 0.15) is 5.56 Å². The average Bonchev–Trinajstić information content (AvgIpc) is 2.36. The minimum Gasteiger partial charge on any atom is -0.241 e. The molecule has 0 saturated heterocycles. The molecular weight excluding hydrogens is 185 g/mol. The van der Waals surface area contributed by atoms with Gasteiger partial charge in [-0.1, -0.05) is 11.6 Å². The van der Waals surface area contributed by atoms with Crippen LogP contribution < -0.4 is 0 Å². The molecule has 0 amide bonds. The van der Waals surface area contributed by atoms with Crippen molar-refractivity contribution in [1.82, 2.24) is 9.97 Å². The summed E-state index contributed by atoms with van der Waals surface area (Å²) in [5.41, 5.74) is 0.934. The molecule has 0 fully saturated rings. The van der Waals surface area contributed by atoms with Gasteiger partial charge in [0.25, 0.3) is 0 Å². The Morgan fingerprint density at radius 2 is 2.18 bits per heavy atom. The van der Waals surface area contributed by atoms with Gasteiger partial charge in [-0.25, -0.2) is 15.0 Å². The fourth-order valence-electron chi connectivity index (χ4n) is 0.892. The Kier molecular flexibility index (Phi) is 2.42. The first kappa shape index (κ1) is 8.43. The lowest BCUT2D eigenvalue weighted by Crippen LogP contribution is -1.86. The predicted molar refractivity (Wildman–Crippen MR) is 46.1 cm³/mol. The fraction of sp³-hybridized carbons (Fsp3) is 0.167. The van der Waals surface area contributed by atoms with E-state index in [2.05, 4.69) is 15.0 Å². The molecule has 0 aromatic carbocycles. The van der Waals surface area contributed by atoms with Gasteiger partial charge in [-0.3, -0.25) is 0 Å². The Labute approximate surface area is 74.9 Å². The molecule has 1 aliphatic heterocycles. The van der Waals surface area contributed by atoms with Gasteiger partial charge in [-0.05, 0) is 0 Å². The van der Waals surface area contributed by atoms with Crippen LogP contribution in [0.2, 0.25) is 5.15 Å². The molecule has 0 spiro atoms. The summed E-state index contributed by atoms with van der Waals surface area (Å²) < 4.78 is 0. The fourth-order valence-corrected chi connectivity index (χ4v) is 1.10. The van der Waals surface area contributed by atoms with Gasteiger partial charge in [-0.15, -0.1) is 12.4 Å². The zero-order chi connectivity index (χ0) is 6.97. The molecule has 0 saturated carbocycles. The molecule has 0 unspecified atom stereocenters. The number of halogens is 2. The quantitative estimate of drug-likeness (QED) is 0.585. The summed E-state index contributed by atoms with van der Waals surface area (Å²) in [5, 5.41) is 0.516. The first-order valence-electron chi connectivity index (χ1n) is 2.90. The topological polar surface area (TPSA) is 38.1 Å². The maximum atomic E-state index is 5.74. The van der Waals surface area contributed by atoms with Crippen LogP contribution in [0.3, 0.4) is 0 Å². The van der Waals surface area contributed by atoms with Crippen molar-refractivity contribution in [3.8, 4) is 0 Å². The van der Waals surface area contributed by atoms with Crippen LogP contribution in [0.5, 0.6) is 0 Å².